The van der Waals surface area contributed by atoms with Crippen molar-refractivity contribution in [2.24, 2.45) is 5.10 Å². The lowest BCUT2D eigenvalue weighted by Crippen LogP contribution is -2.31. The van der Waals surface area contributed by atoms with Gasteiger partial charge in [-0.15, -0.1) is 0 Å². The van der Waals surface area contributed by atoms with Crippen LogP contribution >= 0.6 is 28.1 Å². The zero-order valence-corrected chi connectivity index (χ0v) is 15.5. The van der Waals surface area contributed by atoms with E-state index in [4.69, 9.17) is 21.7 Å². The van der Waals surface area contributed by atoms with Crippen molar-refractivity contribution < 1.29 is 9.47 Å². The predicted molar refractivity (Wildman–Crippen MR) is 98.1 cm³/mol. The maximum Gasteiger partial charge on any atom is 0.186 e. The Morgan fingerprint density at radius 1 is 1.32 bits per heavy atom. The minimum absolute atomic E-state index is 0.491. The molecule has 0 aliphatic heterocycles. The summed E-state index contributed by atoms with van der Waals surface area (Å²) in [5, 5.41) is 7.55. The van der Waals surface area contributed by atoms with Crippen LogP contribution in [0.2, 0.25) is 0 Å². The Bertz CT molecular complexity index is 524. The summed E-state index contributed by atoms with van der Waals surface area (Å²) in [6, 6.07) is 3.82. The molecule has 22 heavy (non-hydrogen) atoms. The molecule has 0 atom stereocenters. The van der Waals surface area contributed by atoms with Crippen molar-refractivity contribution in [2.45, 2.75) is 27.2 Å². The third kappa shape index (κ3) is 6.19. The second kappa shape index (κ2) is 10.4. The Labute approximate surface area is 145 Å². The Kier molecular flexibility index (Phi) is 8.84. The highest BCUT2D eigenvalue weighted by molar-refractivity contribution is 9.10. The highest BCUT2D eigenvalue weighted by Gasteiger charge is 2.11. The molecule has 0 radical (unpaired) electrons. The molecule has 1 aromatic carbocycles. The molecule has 1 rings (SSSR count). The van der Waals surface area contributed by atoms with Crippen molar-refractivity contribution in [3.8, 4) is 11.5 Å². The first kappa shape index (κ1) is 18.7. The SMILES string of the molecule is CCCOc1c(Br)cc(/C=N\NC(=S)NCC)cc1OCC. The van der Waals surface area contributed by atoms with Crippen LogP contribution in [0.25, 0.3) is 0 Å². The van der Waals surface area contributed by atoms with Gasteiger partial charge < -0.3 is 14.8 Å². The smallest absolute Gasteiger partial charge is 0.186 e. The van der Waals surface area contributed by atoms with E-state index in [1.165, 1.54) is 0 Å². The maximum atomic E-state index is 5.74. The lowest BCUT2D eigenvalue weighted by molar-refractivity contribution is 0.275. The summed E-state index contributed by atoms with van der Waals surface area (Å²) >= 11 is 8.56. The number of thiocarbonyl (C=S) groups is 1. The van der Waals surface area contributed by atoms with Crippen molar-refractivity contribution in [1.29, 1.82) is 0 Å². The molecular formula is C15H22BrN3O2S. The van der Waals surface area contributed by atoms with Crippen LogP contribution in [-0.2, 0) is 0 Å². The van der Waals surface area contributed by atoms with Gasteiger partial charge in [0, 0.05) is 6.54 Å². The zero-order chi connectivity index (χ0) is 16.4. The van der Waals surface area contributed by atoms with E-state index in [2.05, 4.69) is 38.7 Å². The van der Waals surface area contributed by atoms with Crippen LogP contribution < -0.4 is 20.2 Å². The summed E-state index contributed by atoms with van der Waals surface area (Å²) in [6.45, 7) is 7.94. The molecule has 0 unspecified atom stereocenters. The molecule has 2 N–H and O–H groups in total. The van der Waals surface area contributed by atoms with Crippen LogP contribution in [0.15, 0.2) is 21.7 Å². The summed E-state index contributed by atoms with van der Waals surface area (Å²) in [7, 11) is 0. The standard InChI is InChI=1S/C15H22BrN3O2S/c1-4-7-21-14-12(16)8-11(9-13(14)20-6-3)10-18-19-15(22)17-5-2/h8-10H,4-7H2,1-3H3,(H2,17,19,22)/b18-10-. The molecule has 1 aromatic rings. The van der Waals surface area contributed by atoms with Crippen LogP contribution in [0.5, 0.6) is 11.5 Å². The lowest BCUT2D eigenvalue weighted by atomic mass is 10.2. The van der Waals surface area contributed by atoms with Gasteiger partial charge in [0.05, 0.1) is 23.9 Å². The van der Waals surface area contributed by atoms with E-state index in [1.54, 1.807) is 6.21 Å². The monoisotopic (exact) mass is 387 g/mol. The Morgan fingerprint density at radius 3 is 2.73 bits per heavy atom. The fourth-order valence-corrected chi connectivity index (χ4v) is 2.41. The molecule has 0 heterocycles. The topological polar surface area (TPSA) is 54.9 Å². The molecule has 7 heteroatoms. The lowest BCUT2D eigenvalue weighted by Gasteiger charge is -2.14. The van der Waals surface area contributed by atoms with Gasteiger partial charge in [-0.25, -0.2) is 0 Å². The van der Waals surface area contributed by atoms with E-state index in [0.717, 1.165) is 28.8 Å². The summed E-state index contributed by atoms with van der Waals surface area (Å²) < 4.78 is 12.2. The molecule has 0 aliphatic carbocycles. The number of ether oxygens (including phenoxy) is 2. The van der Waals surface area contributed by atoms with Crippen molar-refractivity contribution in [2.75, 3.05) is 19.8 Å². The van der Waals surface area contributed by atoms with Crippen molar-refractivity contribution in [3.05, 3.63) is 22.2 Å². The average Bonchev–Trinajstić information content (AvgIpc) is 2.47. The quantitative estimate of drug-likeness (QED) is 0.406. The van der Waals surface area contributed by atoms with E-state index in [0.29, 0.717) is 24.1 Å². The summed E-state index contributed by atoms with van der Waals surface area (Å²) in [4.78, 5) is 0. The van der Waals surface area contributed by atoms with Crippen LogP contribution in [0.4, 0.5) is 0 Å². The van der Waals surface area contributed by atoms with E-state index < -0.39 is 0 Å². The van der Waals surface area contributed by atoms with Gasteiger partial charge in [0.15, 0.2) is 16.6 Å². The Morgan fingerprint density at radius 2 is 2.09 bits per heavy atom. The van der Waals surface area contributed by atoms with E-state index in [-0.39, 0.29) is 0 Å². The van der Waals surface area contributed by atoms with Crippen LogP contribution in [-0.4, -0.2) is 31.1 Å². The molecule has 122 valence electrons. The van der Waals surface area contributed by atoms with Gasteiger partial charge in [0.1, 0.15) is 0 Å². The highest BCUT2D eigenvalue weighted by atomic mass is 79.9. The fraction of sp³-hybridized carbons (Fsp3) is 0.467. The normalized spacial score (nSPS) is 10.5. The molecule has 0 spiro atoms. The predicted octanol–water partition coefficient (Wildman–Crippen LogP) is 3.45. The van der Waals surface area contributed by atoms with Gasteiger partial charge >= 0.3 is 0 Å². The molecule has 0 saturated carbocycles. The summed E-state index contributed by atoms with van der Waals surface area (Å²) in [5.74, 6) is 1.41. The third-order valence-electron chi connectivity index (χ3n) is 2.50. The first-order chi connectivity index (χ1) is 10.6. The van der Waals surface area contributed by atoms with Crippen molar-refractivity contribution in [3.63, 3.8) is 0 Å². The number of nitrogens with zero attached hydrogens (tertiary/aromatic N) is 1. The van der Waals surface area contributed by atoms with Gasteiger partial charge in [0.2, 0.25) is 0 Å². The number of hydrogen-bond acceptors (Lipinski definition) is 4. The van der Waals surface area contributed by atoms with Crippen LogP contribution in [0, 0.1) is 0 Å². The molecule has 5 nitrogen and oxygen atoms in total. The van der Waals surface area contributed by atoms with Gasteiger partial charge in [0.25, 0.3) is 0 Å². The molecule has 0 amide bonds. The number of nitrogens with one attached hydrogen (secondary N) is 2. The molecule has 0 aromatic heterocycles. The molecule has 0 bridgehead atoms. The van der Waals surface area contributed by atoms with Crippen molar-refractivity contribution >= 4 is 39.5 Å². The first-order valence-corrected chi connectivity index (χ1v) is 8.48. The molecular weight excluding hydrogens is 366 g/mol. The number of hydrazone groups is 1. The molecule has 0 aliphatic rings. The van der Waals surface area contributed by atoms with Gasteiger partial charge in [-0.3, -0.25) is 5.43 Å². The first-order valence-electron chi connectivity index (χ1n) is 7.28. The van der Waals surface area contributed by atoms with Crippen LogP contribution in [0.1, 0.15) is 32.8 Å². The molecule has 0 saturated heterocycles. The Hall–Kier alpha value is -1.34. The average molecular weight is 388 g/mol. The van der Waals surface area contributed by atoms with E-state index in [1.807, 2.05) is 26.0 Å². The van der Waals surface area contributed by atoms with E-state index in [9.17, 15) is 0 Å². The van der Waals surface area contributed by atoms with Crippen LogP contribution in [0.3, 0.4) is 0 Å². The fourth-order valence-electron chi connectivity index (χ4n) is 1.64. The van der Waals surface area contributed by atoms with Gasteiger partial charge in [-0.1, -0.05) is 6.92 Å². The third-order valence-corrected chi connectivity index (χ3v) is 3.32. The maximum absolute atomic E-state index is 5.74. The van der Waals surface area contributed by atoms with Crippen molar-refractivity contribution in [1.82, 2.24) is 10.7 Å². The largest absolute Gasteiger partial charge is 0.490 e. The molecule has 0 fully saturated rings. The van der Waals surface area contributed by atoms with E-state index >= 15 is 0 Å². The number of halogens is 1. The number of benzene rings is 1. The minimum atomic E-state index is 0.491. The summed E-state index contributed by atoms with van der Waals surface area (Å²) in [6.07, 6.45) is 2.62. The van der Waals surface area contributed by atoms with Gasteiger partial charge in [-0.2, -0.15) is 5.10 Å². The zero-order valence-electron chi connectivity index (χ0n) is 13.1. The highest BCUT2D eigenvalue weighted by Crippen LogP contribution is 2.36. The number of hydrogen-bond donors (Lipinski definition) is 2. The number of rotatable bonds is 8. The minimum Gasteiger partial charge on any atom is -0.490 e. The second-order valence-corrected chi connectivity index (χ2v) is 5.60. The summed E-state index contributed by atoms with van der Waals surface area (Å²) in [5.41, 5.74) is 3.63. The van der Waals surface area contributed by atoms with Gasteiger partial charge in [-0.05, 0) is 66.1 Å². The second-order valence-electron chi connectivity index (χ2n) is 4.34. The Balaban J connectivity index is 2.88.